The Morgan fingerprint density at radius 1 is 0.896 bits per heavy atom. The first-order chi connectivity index (χ1) is 21.8. The molecule has 2 spiro atoms. The maximum absolute atomic E-state index is 15.0. The first-order valence-corrected chi connectivity index (χ1v) is 18.7. The van der Waals surface area contributed by atoms with E-state index in [9.17, 15) is 14.4 Å². The Morgan fingerprint density at radius 2 is 1.48 bits per heavy atom. The molecule has 1 N–H and O–H groups in total. The van der Waals surface area contributed by atoms with Gasteiger partial charge < -0.3 is 19.7 Å². The highest BCUT2D eigenvalue weighted by atomic mass is 16.5. The molecule has 0 radical (unpaired) electrons. The molecule has 48 heavy (non-hydrogen) atoms. The van der Waals surface area contributed by atoms with Gasteiger partial charge >= 0.3 is 11.9 Å². The zero-order valence-electron chi connectivity index (χ0n) is 32.6. The van der Waals surface area contributed by atoms with E-state index in [-0.39, 0.29) is 82.6 Å². The van der Waals surface area contributed by atoms with Crippen LogP contribution in [0.25, 0.3) is 0 Å². The minimum atomic E-state index is -0.633. The lowest BCUT2D eigenvalue weighted by atomic mass is 9.41. The monoisotopic (exact) mass is 670 g/mol. The van der Waals surface area contributed by atoms with Crippen molar-refractivity contribution >= 4 is 23.6 Å². The van der Waals surface area contributed by atoms with E-state index < -0.39 is 21.7 Å². The van der Waals surface area contributed by atoms with Gasteiger partial charge in [0.1, 0.15) is 11.9 Å². The lowest BCUT2D eigenvalue weighted by Gasteiger charge is -2.63. The third kappa shape index (κ3) is 5.22. The van der Waals surface area contributed by atoms with E-state index >= 15 is 4.79 Å². The lowest BCUT2D eigenvalue weighted by Crippen LogP contribution is -2.64. The van der Waals surface area contributed by atoms with Crippen LogP contribution < -0.4 is 5.32 Å². The average molecular weight is 671 g/mol. The molecule has 0 bridgehead atoms. The number of nitrogens with one attached hydrogen (secondary N) is 1. The van der Waals surface area contributed by atoms with Gasteiger partial charge in [-0.05, 0) is 129 Å². The van der Waals surface area contributed by atoms with Crippen LogP contribution in [0.1, 0.15) is 128 Å². The number of hydrogen-bond acceptors (Lipinski definition) is 7. The summed E-state index contributed by atoms with van der Waals surface area (Å²) in [6.45, 7) is 24.6. The Kier molecular flexibility index (Phi) is 8.96. The summed E-state index contributed by atoms with van der Waals surface area (Å²) in [6, 6.07) is -0.00993. The molecule has 0 heterocycles. The van der Waals surface area contributed by atoms with E-state index in [0.717, 1.165) is 38.5 Å². The molecule has 0 aromatic rings. The third-order valence-electron chi connectivity index (χ3n) is 14.9. The maximum atomic E-state index is 15.0. The molecule has 0 aliphatic heterocycles. The maximum Gasteiger partial charge on any atom is 0.311 e. The molecule has 1 unspecified atom stereocenters. The van der Waals surface area contributed by atoms with Crippen LogP contribution in [0.4, 0.5) is 0 Å². The van der Waals surface area contributed by atoms with E-state index in [1.165, 1.54) is 0 Å². The molecule has 5 saturated carbocycles. The van der Waals surface area contributed by atoms with E-state index in [4.69, 9.17) is 9.47 Å². The van der Waals surface area contributed by atoms with Crippen LogP contribution in [-0.2, 0) is 28.7 Å². The van der Waals surface area contributed by atoms with Gasteiger partial charge in [-0.1, -0.05) is 34.6 Å². The van der Waals surface area contributed by atoms with Crippen LogP contribution in [0.15, 0.2) is 0 Å². The molecule has 272 valence electrons. The number of ketones is 1. The molecule has 0 aromatic carbocycles. The second-order valence-corrected chi connectivity index (χ2v) is 20.1. The molecule has 0 saturated heterocycles. The molecule has 5 aliphatic carbocycles. The molecule has 0 aromatic heterocycles. The predicted octanol–water partition coefficient (Wildman–Crippen LogP) is 6.83. The number of esters is 2. The number of carbonyl (C=O) groups is 4. The van der Waals surface area contributed by atoms with Crippen LogP contribution >= 0.6 is 0 Å². The summed E-state index contributed by atoms with van der Waals surface area (Å²) >= 11 is 0. The summed E-state index contributed by atoms with van der Waals surface area (Å²) in [7, 11) is 4.17. The molecule has 8 nitrogen and oxygen atoms in total. The van der Waals surface area contributed by atoms with Crippen LogP contribution in [0.2, 0.25) is 0 Å². The summed E-state index contributed by atoms with van der Waals surface area (Å²) in [5.41, 5.74) is -2.86. The fourth-order valence-corrected chi connectivity index (χ4v) is 11.8. The summed E-state index contributed by atoms with van der Waals surface area (Å²) in [6.07, 6.45) is 5.34. The van der Waals surface area contributed by atoms with Crippen molar-refractivity contribution in [1.29, 1.82) is 0 Å². The Balaban J connectivity index is 1.54. The first-order valence-electron chi connectivity index (χ1n) is 18.7. The SMILES string of the molecule is CC(C)C(=O)N[C@H]1CCC23C[C@]24C(=O)C[C@]2(C)[C@@H]([C@H](C)N(C)C)[C@H](OC(=O)C(C)(C)C)C[C@@]2(C)[C@@H]4CC[C@H]3[C@]1(C)COC(=O)C(C)(C)C. The minimum Gasteiger partial charge on any atom is -0.465 e. The summed E-state index contributed by atoms with van der Waals surface area (Å²) in [4.78, 5) is 56.9. The van der Waals surface area contributed by atoms with Gasteiger partial charge in [0.25, 0.3) is 0 Å². The lowest BCUT2D eigenvalue weighted by molar-refractivity contribution is -0.180. The zero-order chi connectivity index (χ0) is 36.2. The van der Waals surface area contributed by atoms with Crippen molar-refractivity contribution in [3.8, 4) is 0 Å². The van der Waals surface area contributed by atoms with Gasteiger partial charge in [-0.3, -0.25) is 19.2 Å². The first kappa shape index (κ1) is 37.3. The number of ether oxygens (including phenoxy) is 2. The highest BCUT2D eigenvalue weighted by Crippen LogP contribution is 2.88. The smallest absolute Gasteiger partial charge is 0.311 e. The normalized spacial score (nSPS) is 42.7. The molecule has 5 aliphatic rings. The second-order valence-electron chi connectivity index (χ2n) is 20.1. The fourth-order valence-electron chi connectivity index (χ4n) is 11.8. The highest BCUT2D eigenvalue weighted by molar-refractivity contribution is 5.92. The van der Waals surface area contributed by atoms with Crippen LogP contribution in [-0.4, -0.2) is 67.4 Å². The summed E-state index contributed by atoms with van der Waals surface area (Å²) < 4.78 is 12.6. The standard InChI is InChI=1S/C40H66N2O6/c1-23(2)31(44)41-28-17-18-39-21-40(39)27(16-15-26(39)36(28,10)22-47-32(45)34(4,5)6)37(11)19-25(48-33(46)35(7,8)9)30(24(3)42(13)14)38(37,12)20-29(40)43/h23-28,30H,15-22H2,1-14H3,(H,41,44)/t24-,25+,26-,27-,28-,30-,36-,37-,38+,39?,40-/m0/s1. The van der Waals surface area contributed by atoms with E-state index in [2.05, 4.69) is 52.0 Å². The Hall–Kier alpha value is -1.96. The zero-order valence-corrected chi connectivity index (χ0v) is 32.6. The quantitative estimate of drug-likeness (QED) is 0.296. The van der Waals surface area contributed by atoms with Gasteiger partial charge in [0.2, 0.25) is 5.91 Å². The fraction of sp³-hybridized carbons (Fsp3) is 0.900. The van der Waals surface area contributed by atoms with Gasteiger partial charge in [0, 0.05) is 41.2 Å². The molecule has 8 heteroatoms. The van der Waals surface area contributed by atoms with Crippen molar-refractivity contribution in [2.24, 2.45) is 61.6 Å². The van der Waals surface area contributed by atoms with Crippen molar-refractivity contribution in [2.45, 2.75) is 146 Å². The van der Waals surface area contributed by atoms with E-state index in [1.807, 2.05) is 55.4 Å². The topological polar surface area (TPSA) is 102 Å². The molecule has 5 fully saturated rings. The molecular weight excluding hydrogens is 604 g/mol. The van der Waals surface area contributed by atoms with Crippen LogP contribution in [0.5, 0.6) is 0 Å². The van der Waals surface area contributed by atoms with Crippen molar-refractivity contribution in [2.75, 3.05) is 20.7 Å². The van der Waals surface area contributed by atoms with E-state index in [0.29, 0.717) is 12.2 Å². The van der Waals surface area contributed by atoms with Gasteiger partial charge in [-0.2, -0.15) is 0 Å². The average Bonchev–Trinajstić information content (AvgIpc) is 3.59. The van der Waals surface area contributed by atoms with Gasteiger partial charge in [0.15, 0.2) is 0 Å². The van der Waals surface area contributed by atoms with Crippen molar-refractivity contribution < 1.29 is 28.7 Å². The number of hydrogen-bond donors (Lipinski definition) is 1. The Labute approximate surface area is 290 Å². The number of nitrogens with zero attached hydrogens (tertiary/aromatic N) is 1. The number of amides is 1. The summed E-state index contributed by atoms with van der Waals surface area (Å²) in [5, 5.41) is 3.37. The Morgan fingerprint density at radius 3 is 2.02 bits per heavy atom. The largest absolute Gasteiger partial charge is 0.465 e. The van der Waals surface area contributed by atoms with Crippen molar-refractivity contribution in [3.05, 3.63) is 0 Å². The molecular formula is C40H66N2O6. The van der Waals surface area contributed by atoms with Crippen molar-refractivity contribution in [3.63, 3.8) is 0 Å². The molecule has 11 atom stereocenters. The predicted molar refractivity (Wildman–Crippen MR) is 187 cm³/mol. The molecule has 1 amide bonds. The van der Waals surface area contributed by atoms with Crippen LogP contribution in [0.3, 0.4) is 0 Å². The summed E-state index contributed by atoms with van der Waals surface area (Å²) in [5.74, 6) is 0.193. The van der Waals surface area contributed by atoms with Gasteiger partial charge in [0.05, 0.1) is 17.4 Å². The number of Topliss-reactive ketones (excluding diaryl/α,β-unsaturated/α-hetero) is 1. The number of carbonyl (C=O) groups excluding carboxylic acids is 4. The minimum absolute atomic E-state index is 0.0170. The third-order valence-corrected chi connectivity index (χ3v) is 14.9. The number of fused-ring (bicyclic) bond motifs is 2. The van der Waals surface area contributed by atoms with Crippen LogP contribution in [0, 0.1) is 61.6 Å². The number of rotatable bonds is 7. The second kappa shape index (κ2) is 11.5. The molecule has 5 rings (SSSR count). The van der Waals surface area contributed by atoms with Gasteiger partial charge in [-0.25, -0.2) is 0 Å². The van der Waals surface area contributed by atoms with Crippen molar-refractivity contribution in [1.82, 2.24) is 10.2 Å². The highest BCUT2D eigenvalue weighted by Gasteiger charge is 2.86. The Bertz CT molecular complexity index is 1340. The van der Waals surface area contributed by atoms with Gasteiger partial charge in [-0.15, -0.1) is 0 Å². The van der Waals surface area contributed by atoms with E-state index in [1.54, 1.807) is 0 Å².